The molecule has 5 N–H and O–H groups in total. The number of aromatic nitrogens is 1. The minimum atomic E-state index is -0.665. The molecule has 1 saturated heterocycles. The van der Waals surface area contributed by atoms with Gasteiger partial charge in [0.2, 0.25) is 0 Å². The number of likely N-dealkylation sites (N-methyl/N-ethyl adjacent to an activating group) is 1. The maximum Gasteiger partial charge on any atom is 0.137 e. The molecule has 34 heavy (non-hydrogen) atoms. The molecule has 1 aromatic heterocycles. The van der Waals surface area contributed by atoms with E-state index >= 15 is 0 Å². The normalized spacial score (nSPS) is 14.9. The van der Waals surface area contributed by atoms with Gasteiger partial charge in [0.05, 0.1) is 22.9 Å². The zero-order valence-corrected chi connectivity index (χ0v) is 20.0. The summed E-state index contributed by atoms with van der Waals surface area (Å²) in [6, 6.07) is 9.68. The maximum atomic E-state index is 9.98. The molecule has 9 nitrogen and oxygen atoms in total. The van der Waals surface area contributed by atoms with Gasteiger partial charge in [-0.3, -0.25) is 0 Å². The maximum absolute atomic E-state index is 9.98. The molecule has 0 radical (unpaired) electrons. The number of hydrogen-bond acceptors (Lipinski definition) is 9. The lowest BCUT2D eigenvalue weighted by Crippen LogP contribution is -2.29. The number of benzene rings is 1. The highest BCUT2D eigenvalue weighted by Crippen LogP contribution is 2.32. The summed E-state index contributed by atoms with van der Waals surface area (Å²) in [5.74, 6) is 1.09. The van der Waals surface area contributed by atoms with Crippen LogP contribution in [0.1, 0.15) is 37.8 Å². The van der Waals surface area contributed by atoms with E-state index in [1.807, 2.05) is 26.0 Å². The summed E-state index contributed by atoms with van der Waals surface area (Å²) in [5.41, 5.74) is 3.30. The highest BCUT2D eigenvalue weighted by atomic mass is 16.5. The molecular weight excluding hydrogens is 432 g/mol. The third kappa shape index (κ3) is 6.90. The Labute approximate surface area is 201 Å². The van der Waals surface area contributed by atoms with Gasteiger partial charge in [-0.05, 0) is 58.0 Å². The Morgan fingerprint density at radius 2 is 2.06 bits per heavy atom. The second-order valence-corrected chi connectivity index (χ2v) is 8.67. The molecule has 2 heterocycles. The molecule has 1 unspecified atom stereocenters. The van der Waals surface area contributed by atoms with Crippen molar-refractivity contribution < 1.29 is 14.6 Å². The molecule has 0 aliphatic carbocycles. The molecule has 182 valence electrons. The predicted molar refractivity (Wildman–Crippen MR) is 134 cm³/mol. The number of anilines is 2. The molecule has 0 saturated carbocycles. The second-order valence-electron chi connectivity index (χ2n) is 8.67. The lowest BCUT2D eigenvalue weighted by Gasteiger charge is -2.26. The summed E-state index contributed by atoms with van der Waals surface area (Å²) >= 11 is 0. The summed E-state index contributed by atoms with van der Waals surface area (Å²) in [6.45, 7) is 5.96. The van der Waals surface area contributed by atoms with Crippen LogP contribution in [0.4, 0.5) is 11.5 Å². The molecule has 2 aromatic rings. The van der Waals surface area contributed by atoms with Crippen LogP contribution in [0.25, 0.3) is 11.3 Å². The van der Waals surface area contributed by atoms with E-state index in [2.05, 4.69) is 22.0 Å². The number of pyridine rings is 1. The average molecular weight is 467 g/mol. The first-order valence-corrected chi connectivity index (χ1v) is 11.6. The van der Waals surface area contributed by atoms with Crippen molar-refractivity contribution in [2.75, 3.05) is 44.0 Å². The highest BCUT2D eigenvalue weighted by Gasteiger charge is 2.19. The number of ether oxygens (including phenoxy) is 2. The van der Waals surface area contributed by atoms with Gasteiger partial charge in [-0.1, -0.05) is 0 Å². The van der Waals surface area contributed by atoms with Crippen molar-refractivity contribution in [3.05, 3.63) is 35.4 Å². The number of aliphatic hydroxyl groups excluding tert-OH is 1. The van der Waals surface area contributed by atoms with Crippen LogP contribution in [-0.2, 0) is 4.74 Å². The minimum Gasteiger partial charge on any atom is -0.491 e. The first-order chi connectivity index (χ1) is 16.4. The lowest BCUT2D eigenvalue weighted by molar-refractivity contribution is 0.0904. The van der Waals surface area contributed by atoms with Gasteiger partial charge >= 0.3 is 0 Å². The van der Waals surface area contributed by atoms with Gasteiger partial charge in [-0.15, -0.1) is 0 Å². The van der Waals surface area contributed by atoms with E-state index in [0.717, 1.165) is 24.1 Å². The van der Waals surface area contributed by atoms with E-state index in [0.29, 0.717) is 48.1 Å². The Bertz CT molecular complexity index is 1010. The van der Waals surface area contributed by atoms with Gasteiger partial charge in [-0.25, -0.2) is 4.98 Å². The van der Waals surface area contributed by atoms with E-state index in [9.17, 15) is 10.4 Å². The van der Waals surface area contributed by atoms with Crippen LogP contribution < -0.4 is 20.7 Å². The van der Waals surface area contributed by atoms with E-state index < -0.39 is 6.10 Å². The van der Waals surface area contributed by atoms with Crippen LogP contribution in [0, 0.1) is 16.7 Å². The SMILES string of the molecule is CNCC(O)COc1cc(C#N)cc(-c2cc(NC3CCOCC3)c(C=N)c(NC(C)C)n2)c1. The highest BCUT2D eigenvalue weighted by molar-refractivity contribution is 5.94. The minimum absolute atomic E-state index is 0.103. The Kier molecular flexibility index (Phi) is 9.22. The van der Waals surface area contributed by atoms with Crippen molar-refractivity contribution in [2.45, 2.75) is 44.9 Å². The number of nitrogens with zero attached hydrogens (tertiary/aromatic N) is 2. The largest absolute Gasteiger partial charge is 0.491 e. The van der Waals surface area contributed by atoms with Gasteiger partial charge in [0.25, 0.3) is 0 Å². The van der Waals surface area contributed by atoms with Gasteiger partial charge < -0.3 is 35.9 Å². The Morgan fingerprint density at radius 3 is 2.71 bits per heavy atom. The quantitative estimate of drug-likeness (QED) is 0.319. The number of nitriles is 1. The number of rotatable bonds is 11. The molecule has 1 fully saturated rings. The summed E-state index contributed by atoms with van der Waals surface area (Å²) < 4.78 is 11.2. The number of aliphatic hydroxyl groups is 1. The van der Waals surface area contributed by atoms with Crippen LogP contribution in [0.5, 0.6) is 5.75 Å². The van der Waals surface area contributed by atoms with Crippen LogP contribution >= 0.6 is 0 Å². The van der Waals surface area contributed by atoms with Gasteiger partial charge in [0.15, 0.2) is 0 Å². The van der Waals surface area contributed by atoms with Crippen molar-refractivity contribution >= 4 is 17.7 Å². The smallest absolute Gasteiger partial charge is 0.137 e. The first-order valence-electron chi connectivity index (χ1n) is 11.6. The third-order valence-corrected chi connectivity index (χ3v) is 5.42. The van der Waals surface area contributed by atoms with Crippen LogP contribution in [0.3, 0.4) is 0 Å². The summed E-state index contributed by atoms with van der Waals surface area (Å²) in [4.78, 5) is 4.80. The summed E-state index contributed by atoms with van der Waals surface area (Å²) in [5, 5.41) is 37.4. The monoisotopic (exact) mass is 466 g/mol. The molecule has 1 aliphatic rings. The Morgan fingerprint density at radius 1 is 1.29 bits per heavy atom. The Balaban J connectivity index is 2.01. The fourth-order valence-corrected chi connectivity index (χ4v) is 3.80. The molecule has 0 amide bonds. The number of nitrogens with one attached hydrogen (secondary N) is 4. The average Bonchev–Trinajstić information content (AvgIpc) is 2.83. The molecule has 0 bridgehead atoms. The molecule has 1 atom stereocenters. The van der Waals surface area contributed by atoms with Crippen molar-refractivity contribution in [1.29, 1.82) is 10.7 Å². The van der Waals surface area contributed by atoms with E-state index in [1.54, 1.807) is 19.2 Å². The van der Waals surface area contributed by atoms with Crippen molar-refractivity contribution in [2.24, 2.45) is 0 Å². The van der Waals surface area contributed by atoms with Crippen LogP contribution in [0.2, 0.25) is 0 Å². The molecule has 1 aliphatic heterocycles. The van der Waals surface area contributed by atoms with Gasteiger partial charge in [0, 0.05) is 49.3 Å². The Hall–Kier alpha value is -3.19. The fraction of sp³-hybridized carbons (Fsp3) is 0.480. The predicted octanol–water partition coefficient (Wildman–Crippen LogP) is 2.99. The third-order valence-electron chi connectivity index (χ3n) is 5.42. The van der Waals surface area contributed by atoms with Crippen molar-refractivity contribution in [3.63, 3.8) is 0 Å². The van der Waals surface area contributed by atoms with Crippen LogP contribution in [0.15, 0.2) is 24.3 Å². The topological polar surface area (TPSA) is 135 Å². The van der Waals surface area contributed by atoms with E-state index in [1.165, 1.54) is 6.21 Å². The molecule has 0 spiro atoms. The molecular formula is C25H34N6O3. The van der Waals surface area contributed by atoms with Crippen molar-refractivity contribution in [3.8, 4) is 23.1 Å². The number of hydrogen-bond donors (Lipinski definition) is 5. The fourth-order valence-electron chi connectivity index (χ4n) is 3.80. The van der Waals surface area contributed by atoms with Crippen molar-refractivity contribution in [1.82, 2.24) is 10.3 Å². The molecule has 3 rings (SSSR count). The molecule has 9 heteroatoms. The van der Waals surface area contributed by atoms with E-state index in [-0.39, 0.29) is 18.7 Å². The standard InChI is InChI=1S/C25H34N6O3/c1-16(2)29-25-22(13-27)24(30-19-4-6-33-7-5-19)11-23(31-25)18-8-17(12-26)9-21(10-18)34-15-20(32)14-28-3/h8-11,13,16,19-20,27-28,32H,4-7,14-15H2,1-3H3,(H2,29,30,31). The second kappa shape index (κ2) is 12.3. The molecule has 1 aromatic carbocycles. The lowest BCUT2D eigenvalue weighted by atomic mass is 10.0. The van der Waals surface area contributed by atoms with Gasteiger partial charge in [-0.2, -0.15) is 5.26 Å². The summed E-state index contributed by atoms with van der Waals surface area (Å²) in [7, 11) is 1.76. The zero-order valence-electron chi connectivity index (χ0n) is 20.0. The first kappa shape index (κ1) is 25.4. The zero-order chi connectivity index (χ0) is 24.5. The van der Waals surface area contributed by atoms with Gasteiger partial charge in [0.1, 0.15) is 24.3 Å². The van der Waals surface area contributed by atoms with Crippen LogP contribution in [-0.4, -0.2) is 67.9 Å². The summed E-state index contributed by atoms with van der Waals surface area (Å²) in [6.07, 6.45) is 2.42. The van der Waals surface area contributed by atoms with E-state index in [4.69, 9.17) is 19.9 Å².